The summed E-state index contributed by atoms with van der Waals surface area (Å²) in [5.41, 5.74) is 4.43. The summed E-state index contributed by atoms with van der Waals surface area (Å²) in [6.07, 6.45) is 2.64. The van der Waals surface area contributed by atoms with Crippen LogP contribution in [0.25, 0.3) is 0 Å². The summed E-state index contributed by atoms with van der Waals surface area (Å²) >= 11 is 0. The predicted molar refractivity (Wildman–Crippen MR) is 72.1 cm³/mol. The molecule has 0 aromatic heterocycles. The molecule has 1 heterocycles. The maximum atomic E-state index is 2.43. The van der Waals surface area contributed by atoms with Gasteiger partial charge in [0.2, 0.25) is 0 Å². The zero-order valence-corrected chi connectivity index (χ0v) is 10.1. The molecule has 1 fully saturated rings. The molecule has 90 valence electrons. The van der Waals surface area contributed by atoms with Crippen molar-refractivity contribution in [1.82, 2.24) is 4.90 Å². The first-order valence-corrected chi connectivity index (χ1v) is 5.92. The van der Waals surface area contributed by atoms with Crippen LogP contribution in [0.3, 0.4) is 0 Å². The Bertz CT molecular complexity index is 335. The maximum Gasteiger partial charge on any atom is -0.00159 e. The van der Waals surface area contributed by atoms with E-state index < -0.39 is 0 Å². The Morgan fingerprint density at radius 3 is 2.31 bits per heavy atom. The summed E-state index contributed by atoms with van der Waals surface area (Å²) < 4.78 is 0. The van der Waals surface area contributed by atoms with Crippen molar-refractivity contribution in [3.05, 3.63) is 34.9 Å². The number of hydrogen-bond acceptors (Lipinski definition) is 1. The number of aryl methyl sites for hydroxylation is 2. The lowest BCUT2D eigenvalue weighted by Crippen LogP contribution is -2.29. The average molecular weight is 219 g/mol. The van der Waals surface area contributed by atoms with E-state index in [2.05, 4.69) is 44.0 Å². The molecule has 16 heavy (non-hydrogen) atoms. The molecule has 1 aliphatic rings. The lowest BCUT2D eigenvalue weighted by Gasteiger charge is -2.30. The van der Waals surface area contributed by atoms with Gasteiger partial charge in [0.25, 0.3) is 0 Å². The van der Waals surface area contributed by atoms with Gasteiger partial charge in [-0.05, 0) is 63.9 Å². The summed E-state index contributed by atoms with van der Waals surface area (Å²) in [5.74, 6) is 0.793. The number of rotatable bonds is 1. The highest BCUT2D eigenvalue weighted by Gasteiger charge is 2.19. The second kappa shape index (κ2) is 5.49. The minimum absolute atomic E-state index is 0. The second-order valence-corrected chi connectivity index (χ2v) is 4.94. The van der Waals surface area contributed by atoms with Crippen LogP contribution in [0, 0.1) is 13.8 Å². The van der Waals surface area contributed by atoms with E-state index in [1.165, 1.54) is 37.1 Å². The monoisotopic (exact) mass is 219 g/mol. The van der Waals surface area contributed by atoms with Crippen molar-refractivity contribution < 1.29 is 0 Å². The predicted octanol–water partition coefficient (Wildman–Crippen LogP) is 3.75. The van der Waals surface area contributed by atoms with Gasteiger partial charge in [-0.2, -0.15) is 0 Å². The second-order valence-electron chi connectivity index (χ2n) is 4.94. The number of likely N-dealkylation sites (tertiary alicyclic amines) is 1. The minimum atomic E-state index is 0. The molecule has 1 saturated heterocycles. The average Bonchev–Trinajstić information content (AvgIpc) is 2.20. The SMILES string of the molecule is C.Cc1ccc(C2CCN(C)CC2)c(C)c1. The van der Waals surface area contributed by atoms with Crippen LogP contribution >= 0.6 is 0 Å². The van der Waals surface area contributed by atoms with Gasteiger partial charge in [-0.25, -0.2) is 0 Å². The highest BCUT2D eigenvalue weighted by Crippen LogP contribution is 2.29. The Kier molecular flexibility index (Phi) is 4.55. The Hall–Kier alpha value is -0.820. The molecule has 1 aromatic carbocycles. The summed E-state index contributed by atoms with van der Waals surface area (Å²) in [5, 5.41) is 0. The first kappa shape index (κ1) is 13.2. The van der Waals surface area contributed by atoms with E-state index in [4.69, 9.17) is 0 Å². The molecule has 0 spiro atoms. The van der Waals surface area contributed by atoms with E-state index in [1.807, 2.05) is 0 Å². The van der Waals surface area contributed by atoms with Crippen molar-refractivity contribution in [1.29, 1.82) is 0 Å². The van der Waals surface area contributed by atoms with Gasteiger partial charge in [0, 0.05) is 0 Å². The molecule has 0 radical (unpaired) electrons. The fourth-order valence-corrected chi connectivity index (χ4v) is 2.60. The molecule has 0 aliphatic carbocycles. The highest BCUT2D eigenvalue weighted by molar-refractivity contribution is 5.33. The standard InChI is InChI=1S/C14H21N.CH4/c1-11-4-5-14(12(2)10-11)13-6-8-15(3)9-7-13;/h4-5,10,13H,6-9H2,1-3H3;1H4. The third-order valence-electron chi connectivity index (χ3n) is 3.58. The molecule has 0 N–H and O–H groups in total. The molecular weight excluding hydrogens is 194 g/mol. The molecule has 0 bridgehead atoms. The van der Waals surface area contributed by atoms with Gasteiger partial charge in [0.15, 0.2) is 0 Å². The zero-order chi connectivity index (χ0) is 10.8. The Balaban J connectivity index is 0.00000128. The van der Waals surface area contributed by atoms with Crippen molar-refractivity contribution in [3.63, 3.8) is 0 Å². The van der Waals surface area contributed by atoms with E-state index >= 15 is 0 Å². The number of piperidine rings is 1. The molecule has 0 saturated carbocycles. The van der Waals surface area contributed by atoms with Crippen LogP contribution in [-0.4, -0.2) is 25.0 Å². The van der Waals surface area contributed by atoms with Crippen LogP contribution in [0.4, 0.5) is 0 Å². The smallest absolute Gasteiger partial charge is 0.00159 e. The third-order valence-corrected chi connectivity index (χ3v) is 3.58. The molecule has 1 nitrogen and oxygen atoms in total. The van der Waals surface area contributed by atoms with Gasteiger partial charge in [-0.15, -0.1) is 0 Å². The van der Waals surface area contributed by atoms with E-state index in [-0.39, 0.29) is 7.43 Å². The van der Waals surface area contributed by atoms with Crippen molar-refractivity contribution in [3.8, 4) is 0 Å². The van der Waals surface area contributed by atoms with E-state index in [0.29, 0.717) is 0 Å². The summed E-state index contributed by atoms with van der Waals surface area (Å²) in [4.78, 5) is 2.43. The molecule has 0 atom stereocenters. The van der Waals surface area contributed by atoms with Gasteiger partial charge in [-0.1, -0.05) is 31.2 Å². The van der Waals surface area contributed by atoms with Crippen LogP contribution in [0.15, 0.2) is 18.2 Å². The van der Waals surface area contributed by atoms with Crippen LogP contribution in [0.5, 0.6) is 0 Å². The fraction of sp³-hybridized carbons (Fsp3) is 0.600. The maximum absolute atomic E-state index is 2.43. The molecule has 0 unspecified atom stereocenters. The van der Waals surface area contributed by atoms with Gasteiger partial charge < -0.3 is 4.90 Å². The van der Waals surface area contributed by atoms with Crippen molar-refractivity contribution in [2.45, 2.75) is 40.0 Å². The third kappa shape index (κ3) is 2.85. The largest absolute Gasteiger partial charge is 0.306 e. The number of nitrogens with zero attached hydrogens (tertiary/aromatic N) is 1. The lowest BCUT2D eigenvalue weighted by atomic mass is 9.86. The Morgan fingerprint density at radius 2 is 1.75 bits per heavy atom. The first-order valence-electron chi connectivity index (χ1n) is 5.92. The van der Waals surface area contributed by atoms with Crippen LogP contribution in [0.1, 0.15) is 42.9 Å². The van der Waals surface area contributed by atoms with E-state index in [1.54, 1.807) is 5.56 Å². The van der Waals surface area contributed by atoms with Crippen LogP contribution in [-0.2, 0) is 0 Å². The van der Waals surface area contributed by atoms with E-state index in [9.17, 15) is 0 Å². The molecular formula is C15H25N. The normalized spacial score (nSPS) is 18.2. The molecule has 2 rings (SSSR count). The molecule has 1 aromatic rings. The summed E-state index contributed by atoms with van der Waals surface area (Å²) in [7, 11) is 2.22. The van der Waals surface area contributed by atoms with Gasteiger partial charge in [-0.3, -0.25) is 0 Å². The van der Waals surface area contributed by atoms with Crippen LogP contribution < -0.4 is 0 Å². The molecule has 1 aliphatic heterocycles. The summed E-state index contributed by atoms with van der Waals surface area (Å²) in [6, 6.07) is 6.90. The summed E-state index contributed by atoms with van der Waals surface area (Å²) in [6.45, 7) is 6.92. The van der Waals surface area contributed by atoms with Crippen LogP contribution in [0.2, 0.25) is 0 Å². The highest BCUT2D eigenvalue weighted by atomic mass is 15.1. The minimum Gasteiger partial charge on any atom is -0.306 e. The van der Waals surface area contributed by atoms with Gasteiger partial charge in [0.1, 0.15) is 0 Å². The number of hydrogen-bond donors (Lipinski definition) is 0. The van der Waals surface area contributed by atoms with Crippen molar-refractivity contribution in [2.75, 3.05) is 20.1 Å². The Morgan fingerprint density at radius 1 is 1.12 bits per heavy atom. The molecule has 1 heteroatoms. The lowest BCUT2D eigenvalue weighted by molar-refractivity contribution is 0.255. The molecule has 0 amide bonds. The van der Waals surface area contributed by atoms with Gasteiger partial charge in [0.05, 0.1) is 0 Å². The topological polar surface area (TPSA) is 3.24 Å². The van der Waals surface area contributed by atoms with Crippen molar-refractivity contribution >= 4 is 0 Å². The number of benzene rings is 1. The van der Waals surface area contributed by atoms with Crippen molar-refractivity contribution in [2.24, 2.45) is 0 Å². The Labute approximate surface area is 100 Å². The van der Waals surface area contributed by atoms with Gasteiger partial charge >= 0.3 is 0 Å². The van der Waals surface area contributed by atoms with E-state index in [0.717, 1.165) is 5.92 Å². The first-order chi connectivity index (χ1) is 7.16. The zero-order valence-electron chi connectivity index (χ0n) is 10.1. The quantitative estimate of drug-likeness (QED) is 0.695. The fourth-order valence-electron chi connectivity index (χ4n) is 2.60.